The molecule has 0 radical (unpaired) electrons. The topological polar surface area (TPSA) is 32.7 Å². The average Bonchev–Trinajstić information content (AvgIpc) is 2.46. The fourth-order valence-electron chi connectivity index (χ4n) is 2.94. The van der Waals surface area contributed by atoms with Crippen molar-refractivity contribution in [1.29, 1.82) is 0 Å². The first-order valence-electron chi connectivity index (χ1n) is 7.24. The highest BCUT2D eigenvalue weighted by atomic mass is 16.5. The van der Waals surface area contributed by atoms with Crippen LogP contribution in [0.4, 0.5) is 0 Å². The lowest BCUT2D eigenvalue weighted by molar-refractivity contribution is -0.0317. The van der Waals surface area contributed by atoms with Crippen LogP contribution in [0.5, 0.6) is 0 Å². The Morgan fingerprint density at radius 2 is 2.05 bits per heavy atom. The summed E-state index contributed by atoms with van der Waals surface area (Å²) >= 11 is 0. The number of rotatable bonds is 3. The predicted molar refractivity (Wildman–Crippen MR) is 80.8 cm³/mol. The van der Waals surface area contributed by atoms with Crippen molar-refractivity contribution in [2.45, 2.75) is 19.1 Å². The summed E-state index contributed by atoms with van der Waals surface area (Å²) < 4.78 is 5.54. The molecule has 106 valence electrons. The van der Waals surface area contributed by atoms with Gasteiger partial charge in [-0.3, -0.25) is 4.90 Å². The van der Waals surface area contributed by atoms with E-state index < -0.39 is 6.10 Å². The van der Waals surface area contributed by atoms with E-state index >= 15 is 0 Å². The van der Waals surface area contributed by atoms with Crippen LogP contribution in [0.2, 0.25) is 0 Å². The van der Waals surface area contributed by atoms with Crippen LogP contribution in [0.1, 0.15) is 18.6 Å². The molecule has 1 heterocycles. The average molecular weight is 271 g/mol. The molecular weight excluding hydrogens is 250 g/mol. The molecule has 0 bridgehead atoms. The van der Waals surface area contributed by atoms with Crippen molar-refractivity contribution >= 4 is 10.8 Å². The summed E-state index contributed by atoms with van der Waals surface area (Å²) in [5, 5.41) is 12.9. The minimum atomic E-state index is -0.452. The third-order valence-electron chi connectivity index (χ3n) is 3.94. The van der Waals surface area contributed by atoms with Crippen LogP contribution in [0.3, 0.4) is 0 Å². The molecule has 0 aromatic heterocycles. The van der Waals surface area contributed by atoms with Crippen molar-refractivity contribution in [3.8, 4) is 0 Å². The van der Waals surface area contributed by atoms with E-state index in [1.807, 2.05) is 24.3 Å². The molecule has 20 heavy (non-hydrogen) atoms. The molecule has 2 unspecified atom stereocenters. The zero-order chi connectivity index (χ0) is 13.9. The lowest BCUT2D eigenvalue weighted by atomic mass is 10.00. The number of fused-ring (bicyclic) bond motifs is 1. The van der Waals surface area contributed by atoms with Crippen LogP contribution in [0, 0.1) is 0 Å². The minimum absolute atomic E-state index is 0.253. The first-order chi connectivity index (χ1) is 9.74. The summed E-state index contributed by atoms with van der Waals surface area (Å²) in [7, 11) is 0. The molecule has 2 atom stereocenters. The van der Waals surface area contributed by atoms with Crippen LogP contribution in [-0.2, 0) is 4.74 Å². The maximum Gasteiger partial charge on any atom is 0.0922 e. The summed E-state index contributed by atoms with van der Waals surface area (Å²) in [5.41, 5.74) is 1.02. The van der Waals surface area contributed by atoms with Crippen LogP contribution in [0.15, 0.2) is 42.5 Å². The zero-order valence-electron chi connectivity index (χ0n) is 11.8. The molecule has 1 aliphatic heterocycles. The largest absolute Gasteiger partial charge is 0.387 e. The van der Waals surface area contributed by atoms with Gasteiger partial charge in [-0.15, -0.1) is 0 Å². The van der Waals surface area contributed by atoms with E-state index in [-0.39, 0.29) is 6.10 Å². The monoisotopic (exact) mass is 271 g/mol. The van der Waals surface area contributed by atoms with Crippen molar-refractivity contribution < 1.29 is 9.84 Å². The fourth-order valence-corrected chi connectivity index (χ4v) is 2.94. The molecule has 1 N–H and O–H groups in total. The first kappa shape index (κ1) is 13.6. The van der Waals surface area contributed by atoms with Crippen molar-refractivity contribution in [1.82, 2.24) is 4.90 Å². The Balaban J connectivity index is 1.80. The Labute approximate surface area is 119 Å². The maximum atomic E-state index is 10.6. The van der Waals surface area contributed by atoms with Gasteiger partial charge in [-0.25, -0.2) is 0 Å². The number of benzene rings is 2. The second kappa shape index (κ2) is 5.92. The minimum Gasteiger partial charge on any atom is -0.387 e. The number of ether oxygens (including phenoxy) is 1. The van der Waals surface area contributed by atoms with Gasteiger partial charge in [0.25, 0.3) is 0 Å². The van der Waals surface area contributed by atoms with E-state index in [2.05, 4.69) is 30.0 Å². The quantitative estimate of drug-likeness (QED) is 0.931. The Bertz CT molecular complexity index is 579. The third-order valence-corrected chi connectivity index (χ3v) is 3.94. The first-order valence-corrected chi connectivity index (χ1v) is 7.24. The van der Waals surface area contributed by atoms with Gasteiger partial charge in [-0.2, -0.15) is 0 Å². The molecule has 1 saturated heterocycles. The molecular formula is C17H21NO2. The van der Waals surface area contributed by atoms with E-state index in [4.69, 9.17) is 4.74 Å². The van der Waals surface area contributed by atoms with Gasteiger partial charge in [-0.1, -0.05) is 42.5 Å². The number of β-amino-alcohol motifs (C(OH)–C–C–N with tert-alkyl or cyclic N) is 1. The molecule has 2 aromatic rings. The number of hydrogen-bond acceptors (Lipinski definition) is 3. The number of aliphatic hydroxyl groups excluding tert-OH is 1. The van der Waals surface area contributed by atoms with Gasteiger partial charge in [0, 0.05) is 19.6 Å². The Morgan fingerprint density at radius 1 is 1.25 bits per heavy atom. The maximum absolute atomic E-state index is 10.6. The second-order valence-corrected chi connectivity index (χ2v) is 5.53. The van der Waals surface area contributed by atoms with Crippen LogP contribution in [0.25, 0.3) is 10.8 Å². The molecule has 0 amide bonds. The van der Waals surface area contributed by atoms with E-state index in [1.54, 1.807) is 0 Å². The molecule has 3 rings (SSSR count). The summed E-state index contributed by atoms with van der Waals surface area (Å²) in [6, 6.07) is 14.3. The lowest BCUT2D eigenvalue weighted by Gasteiger charge is -2.32. The SMILES string of the molecule is CC1CN(CC(O)c2cccc3ccccc23)CCO1. The van der Waals surface area contributed by atoms with Gasteiger partial charge in [0.05, 0.1) is 18.8 Å². The van der Waals surface area contributed by atoms with E-state index in [1.165, 1.54) is 5.39 Å². The predicted octanol–water partition coefficient (Wildman–Crippen LogP) is 2.59. The number of hydrogen-bond donors (Lipinski definition) is 1. The van der Waals surface area contributed by atoms with Crippen LogP contribution < -0.4 is 0 Å². The number of morpholine rings is 1. The second-order valence-electron chi connectivity index (χ2n) is 5.53. The standard InChI is InChI=1S/C17H21NO2/c1-13-11-18(9-10-20-13)12-17(19)16-8-4-6-14-5-2-3-7-15(14)16/h2-8,13,17,19H,9-12H2,1H3. The normalized spacial score (nSPS) is 22.0. The molecule has 0 saturated carbocycles. The Hall–Kier alpha value is -1.42. The van der Waals surface area contributed by atoms with Gasteiger partial charge in [0.15, 0.2) is 0 Å². The smallest absolute Gasteiger partial charge is 0.0922 e. The fraction of sp³-hybridized carbons (Fsp3) is 0.412. The van der Waals surface area contributed by atoms with Gasteiger partial charge in [0.1, 0.15) is 0 Å². The van der Waals surface area contributed by atoms with Crippen molar-refractivity contribution in [2.24, 2.45) is 0 Å². The zero-order valence-corrected chi connectivity index (χ0v) is 11.8. The van der Waals surface area contributed by atoms with Gasteiger partial charge in [0.2, 0.25) is 0 Å². The van der Waals surface area contributed by atoms with Crippen LogP contribution >= 0.6 is 0 Å². The molecule has 2 aromatic carbocycles. The number of nitrogens with zero attached hydrogens (tertiary/aromatic N) is 1. The molecule has 3 heteroatoms. The lowest BCUT2D eigenvalue weighted by Crippen LogP contribution is -2.42. The van der Waals surface area contributed by atoms with Crippen molar-refractivity contribution in [3.63, 3.8) is 0 Å². The van der Waals surface area contributed by atoms with Gasteiger partial charge >= 0.3 is 0 Å². The highest BCUT2D eigenvalue weighted by Gasteiger charge is 2.20. The van der Waals surface area contributed by atoms with Crippen LogP contribution in [-0.4, -0.2) is 42.4 Å². The van der Waals surface area contributed by atoms with E-state index in [0.717, 1.165) is 30.6 Å². The summed E-state index contributed by atoms with van der Waals surface area (Å²) in [6.45, 7) is 5.29. The Morgan fingerprint density at radius 3 is 2.90 bits per heavy atom. The summed E-state index contributed by atoms with van der Waals surface area (Å²) in [6.07, 6.45) is -0.199. The number of aliphatic hydroxyl groups is 1. The molecule has 1 fully saturated rings. The van der Waals surface area contributed by atoms with Crippen molar-refractivity contribution in [2.75, 3.05) is 26.2 Å². The van der Waals surface area contributed by atoms with E-state index in [0.29, 0.717) is 6.54 Å². The van der Waals surface area contributed by atoms with Gasteiger partial charge in [-0.05, 0) is 23.3 Å². The third kappa shape index (κ3) is 2.85. The van der Waals surface area contributed by atoms with Crippen molar-refractivity contribution in [3.05, 3.63) is 48.0 Å². The van der Waals surface area contributed by atoms with Gasteiger partial charge < -0.3 is 9.84 Å². The molecule has 0 aliphatic carbocycles. The highest BCUT2D eigenvalue weighted by Crippen LogP contribution is 2.25. The molecule has 0 spiro atoms. The Kier molecular flexibility index (Phi) is 4.01. The summed E-state index contributed by atoms with van der Waals surface area (Å²) in [5.74, 6) is 0. The molecule has 3 nitrogen and oxygen atoms in total. The highest BCUT2D eigenvalue weighted by molar-refractivity contribution is 5.85. The van der Waals surface area contributed by atoms with E-state index in [9.17, 15) is 5.11 Å². The summed E-state index contributed by atoms with van der Waals surface area (Å²) in [4.78, 5) is 2.28. The molecule has 1 aliphatic rings.